The average molecular weight is 397 g/mol. The Bertz CT molecular complexity index is 1240. The van der Waals surface area contributed by atoms with Crippen LogP contribution in [0.1, 0.15) is 10.4 Å². The van der Waals surface area contributed by atoms with E-state index in [-0.39, 0.29) is 17.9 Å². The number of carbonyl (C=O) groups excluding carboxylic acids is 1. The van der Waals surface area contributed by atoms with Gasteiger partial charge < -0.3 is 5.32 Å². The summed E-state index contributed by atoms with van der Waals surface area (Å²) < 4.78 is 1.38. The molecule has 3 heterocycles. The summed E-state index contributed by atoms with van der Waals surface area (Å²) in [5.74, 6) is 0.218. The van der Waals surface area contributed by atoms with E-state index in [1.165, 1.54) is 10.6 Å². The van der Waals surface area contributed by atoms with Crippen LogP contribution in [0.25, 0.3) is 22.4 Å². The first-order chi connectivity index (χ1) is 14.6. The van der Waals surface area contributed by atoms with Gasteiger partial charge in [-0.05, 0) is 29.8 Å². The van der Waals surface area contributed by atoms with Gasteiger partial charge in [0.25, 0.3) is 5.56 Å². The van der Waals surface area contributed by atoms with Gasteiger partial charge in [0.1, 0.15) is 0 Å². The molecule has 0 fully saturated rings. The summed E-state index contributed by atoms with van der Waals surface area (Å²) in [6.07, 6.45) is 6.74. The van der Waals surface area contributed by atoms with E-state index in [1.807, 2.05) is 30.3 Å². The highest BCUT2D eigenvalue weighted by Crippen LogP contribution is 2.20. The molecule has 0 bridgehead atoms. The third-order valence-corrected chi connectivity index (χ3v) is 4.70. The predicted octanol–water partition coefficient (Wildman–Crippen LogP) is 3.20. The van der Waals surface area contributed by atoms with Crippen molar-refractivity contribution in [2.75, 3.05) is 11.9 Å². The average Bonchev–Trinajstić information content (AvgIpc) is 2.81. The lowest BCUT2D eigenvalue weighted by molar-refractivity contribution is 0.101. The van der Waals surface area contributed by atoms with Gasteiger partial charge in [0, 0.05) is 54.6 Å². The lowest BCUT2D eigenvalue weighted by atomic mass is 10.0. The molecule has 4 rings (SSSR count). The number of anilines is 1. The maximum atomic E-state index is 12.8. The van der Waals surface area contributed by atoms with Gasteiger partial charge >= 0.3 is 0 Å². The van der Waals surface area contributed by atoms with Gasteiger partial charge in [-0.2, -0.15) is 0 Å². The third-order valence-electron chi connectivity index (χ3n) is 4.70. The summed E-state index contributed by atoms with van der Waals surface area (Å²) in [6.45, 7) is 0.0105. The molecule has 0 amide bonds. The number of benzene rings is 1. The van der Waals surface area contributed by atoms with Gasteiger partial charge in [-0.15, -0.1) is 0 Å². The quantitative estimate of drug-likeness (QED) is 0.503. The molecule has 7 nitrogen and oxygen atoms in total. The highest BCUT2D eigenvalue weighted by Gasteiger charge is 2.11. The molecule has 3 aromatic heterocycles. The fraction of sp³-hybridized carbons (Fsp3) is 0.0870. The van der Waals surface area contributed by atoms with Crippen molar-refractivity contribution in [1.82, 2.24) is 19.5 Å². The maximum Gasteiger partial charge on any atom is 0.255 e. The highest BCUT2D eigenvalue weighted by molar-refractivity contribution is 5.99. The maximum absolute atomic E-state index is 12.8. The number of pyridine rings is 2. The van der Waals surface area contributed by atoms with Crippen molar-refractivity contribution in [3.63, 3.8) is 0 Å². The minimum atomic E-state index is -0.217. The first kappa shape index (κ1) is 19.2. The summed E-state index contributed by atoms with van der Waals surface area (Å²) in [7, 11) is 1.61. The van der Waals surface area contributed by atoms with Crippen LogP contribution < -0.4 is 10.9 Å². The molecule has 0 atom stereocenters. The standard InChI is InChI=1S/C23H19N5O2/c1-28-22(30)13-20(16-7-10-24-11-8-16)27-23(28)26-15-21(29)18-5-2-4-17(12-18)19-6-3-9-25-14-19/h2-14H,15H2,1H3,(H,26,27). The first-order valence-corrected chi connectivity index (χ1v) is 9.38. The number of nitrogens with zero attached hydrogens (tertiary/aromatic N) is 4. The minimum absolute atomic E-state index is 0.0105. The smallest absolute Gasteiger partial charge is 0.255 e. The molecule has 1 N–H and O–H groups in total. The van der Waals surface area contributed by atoms with Crippen LogP contribution in [-0.4, -0.2) is 31.8 Å². The van der Waals surface area contributed by atoms with Gasteiger partial charge in [0.05, 0.1) is 12.2 Å². The Labute approximate surface area is 173 Å². The zero-order valence-corrected chi connectivity index (χ0v) is 16.3. The molecule has 0 saturated heterocycles. The van der Waals surface area contributed by atoms with Crippen LogP contribution in [-0.2, 0) is 7.05 Å². The minimum Gasteiger partial charge on any atom is -0.348 e. The molecule has 1 aromatic carbocycles. The second-order valence-electron chi connectivity index (χ2n) is 6.70. The largest absolute Gasteiger partial charge is 0.348 e. The van der Waals surface area contributed by atoms with E-state index < -0.39 is 0 Å². The zero-order valence-electron chi connectivity index (χ0n) is 16.3. The fourth-order valence-electron chi connectivity index (χ4n) is 3.04. The van der Waals surface area contributed by atoms with Crippen LogP contribution in [0.2, 0.25) is 0 Å². The van der Waals surface area contributed by atoms with Gasteiger partial charge in [0.2, 0.25) is 5.95 Å². The van der Waals surface area contributed by atoms with Crippen LogP contribution in [0.5, 0.6) is 0 Å². The molecule has 7 heteroatoms. The summed E-state index contributed by atoms with van der Waals surface area (Å²) in [5.41, 5.74) is 3.51. The van der Waals surface area contributed by atoms with Crippen molar-refractivity contribution >= 4 is 11.7 Å². The zero-order chi connectivity index (χ0) is 20.9. The Morgan fingerprint density at radius 2 is 1.73 bits per heavy atom. The molecule has 4 aromatic rings. The molecule has 30 heavy (non-hydrogen) atoms. The SMILES string of the molecule is Cn1c(NCC(=O)c2cccc(-c3cccnc3)c2)nc(-c2ccncc2)cc1=O. The number of rotatable bonds is 6. The van der Waals surface area contributed by atoms with Crippen LogP contribution in [0.15, 0.2) is 84.2 Å². The van der Waals surface area contributed by atoms with E-state index in [0.29, 0.717) is 17.2 Å². The van der Waals surface area contributed by atoms with E-state index in [9.17, 15) is 9.59 Å². The lowest BCUT2D eigenvalue weighted by Crippen LogP contribution is -2.24. The third kappa shape index (κ3) is 4.15. The lowest BCUT2D eigenvalue weighted by Gasteiger charge is -2.11. The van der Waals surface area contributed by atoms with Crippen LogP contribution >= 0.6 is 0 Å². The monoisotopic (exact) mass is 397 g/mol. The normalized spacial score (nSPS) is 10.6. The second-order valence-corrected chi connectivity index (χ2v) is 6.70. The van der Waals surface area contributed by atoms with E-state index in [2.05, 4.69) is 20.3 Å². The van der Waals surface area contributed by atoms with Crippen molar-refractivity contribution in [1.29, 1.82) is 0 Å². The van der Waals surface area contributed by atoms with Gasteiger partial charge in [0.15, 0.2) is 5.78 Å². The van der Waals surface area contributed by atoms with Crippen LogP contribution in [0.3, 0.4) is 0 Å². The Morgan fingerprint density at radius 1 is 0.933 bits per heavy atom. The number of ketones is 1. The van der Waals surface area contributed by atoms with Gasteiger partial charge in [-0.1, -0.05) is 24.3 Å². The van der Waals surface area contributed by atoms with E-state index in [4.69, 9.17) is 0 Å². The highest BCUT2D eigenvalue weighted by atomic mass is 16.1. The molecular formula is C23H19N5O2. The van der Waals surface area contributed by atoms with Crippen LogP contribution in [0, 0.1) is 0 Å². The molecule has 0 aliphatic heterocycles. The Morgan fingerprint density at radius 3 is 2.50 bits per heavy atom. The fourth-order valence-corrected chi connectivity index (χ4v) is 3.04. The molecule has 0 saturated carbocycles. The molecule has 0 spiro atoms. The first-order valence-electron chi connectivity index (χ1n) is 9.38. The molecule has 0 radical (unpaired) electrons. The van der Waals surface area contributed by atoms with Gasteiger partial charge in [-0.3, -0.25) is 24.1 Å². The second kappa shape index (κ2) is 8.48. The van der Waals surface area contributed by atoms with Crippen molar-refractivity contribution in [2.45, 2.75) is 0 Å². The van der Waals surface area contributed by atoms with Crippen molar-refractivity contribution in [3.8, 4) is 22.4 Å². The Hall–Kier alpha value is -4.13. The number of hydrogen-bond donors (Lipinski definition) is 1. The number of carbonyl (C=O) groups is 1. The Kier molecular flexibility index (Phi) is 5.43. The summed E-state index contributed by atoms with van der Waals surface area (Å²) in [6, 6.07) is 16.2. The number of aromatic nitrogens is 4. The van der Waals surface area contributed by atoms with Crippen molar-refractivity contribution < 1.29 is 4.79 Å². The molecule has 0 aliphatic rings. The summed E-state index contributed by atoms with van der Waals surface area (Å²) in [5, 5.41) is 3.00. The summed E-state index contributed by atoms with van der Waals surface area (Å²) in [4.78, 5) is 37.7. The molecule has 148 valence electrons. The van der Waals surface area contributed by atoms with Crippen molar-refractivity contribution in [3.05, 3.63) is 95.3 Å². The number of nitrogens with one attached hydrogen (secondary N) is 1. The molecule has 0 unspecified atom stereocenters. The Balaban J connectivity index is 1.55. The molecular weight excluding hydrogens is 378 g/mol. The molecule has 0 aliphatic carbocycles. The van der Waals surface area contributed by atoms with Gasteiger partial charge in [-0.25, -0.2) is 4.98 Å². The number of Topliss-reactive ketones (excluding diaryl/α,β-unsaturated/α-hetero) is 1. The topological polar surface area (TPSA) is 89.8 Å². The van der Waals surface area contributed by atoms with E-state index >= 15 is 0 Å². The van der Waals surface area contributed by atoms with E-state index in [1.54, 1.807) is 50.0 Å². The predicted molar refractivity (Wildman–Crippen MR) is 115 cm³/mol. The van der Waals surface area contributed by atoms with E-state index in [0.717, 1.165) is 16.7 Å². The van der Waals surface area contributed by atoms with Crippen molar-refractivity contribution in [2.24, 2.45) is 7.05 Å². The van der Waals surface area contributed by atoms with Crippen LogP contribution in [0.4, 0.5) is 5.95 Å². The number of hydrogen-bond acceptors (Lipinski definition) is 6. The summed E-state index contributed by atoms with van der Waals surface area (Å²) >= 11 is 0.